The number of hydrogen-bond donors (Lipinski definition) is 0. The number of benzene rings is 1. The Morgan fingerprint density at radius 1 is 1.32 bits per heavy atom. The molecule has 0 atom stereocenters. The first kappa shape index (κ1) is 13.8. The second-order valence-electron chi connectivity index (χ2n) is 5.46. The second-order valence-corrected chi connectivity index (χ2v) is 5.46. The zero-order valence-corrected chi connectivity index (χ0v) is 11.4. The molecule has 2 rings (SSSR count). The topological polar surface area (TPSA) is 44.1 Å². The van der Waals surface area contributed by atoms with Crippen LogP contribution in [0.15, 0.2) is 24.3 Å². The number of carbonyl (C=O) groups excluding carboxylic acids is 1. The Labute approximate surface area is 114 Å². The Balaban J connectivity index is 1.86. The highest BCUT2D eigenvalue weighted by atomic mass is 16.1. The van der Waals surface area contributed by atoms with Crippen molar-refractivity contribution in [2.24, 2.45) is 5.92 Å². The third-order valence-electron chi connectivity index (χ3n) is 3.79. The van der Waals surface area contributed by atoms with Gasteiger partial charge < -0.3 is 0 Å². The Bertz CT molecular complexity index is 467. The summed E-state index contributed by atoms with van der Waals surface area (Å²) in [6.07, 6.45) is 5.27. The largest absolute Gasteiger partial charge is 0.299 e. The van der Waals surface area contributed by atoms with Crippen molar-refractivity contribution in [2.45, 2.75) is 25.7 Å². The van der Waals surface area contributed by atoms with E-state index in [4.69, 9.17) is 5.26 Å². The van der Waals surface area contributed by atoms with Gasteiger partial charge in [-0.3, -0.25) is 9.69 Å². The molecular formula is C16H20N2O. The fourth-order valence-electron chi connectivity index (χ4n) is 2.77. The molecule has 0 spiro atoms. The smallest absolute Gasteiger partial charge is 0.176 e. The number of likely N-dealkylation sites (N-methyl/N-ethyl adjacent to an activating group) is 1. The molecule has 19 heavy (non-hydrogen) atoms. The van der Waals surface area contributed by atoms with E-state index in [0.29, 0.717) is 17.7 Å². The van der Waals surface area contributed by atoms with E-state index in [1.54, 1.807) is 24.3 Å². The standard InChI is InChI=1S/C16H20N2O/c1-18(11-14-4-2-3-5-14)12-16(19)15-8-6-13(10-17)7-9-15/h6-9,14H,2-5,11-12H2,1H3. The van der Waals surface area contributed by atoms with E-state index < -0.39 is 0 Å². The number of hydrogen-bond acceptors (Lipinski definition) is 3. The van der Waals surface area contributed by atoms with Crippen LogP contribution in [0.25, 0.3) is 0 Å². The van der Waals surface area contributed by atoms with E-state index in [9.17, 15) is 4.79 Å². The lowest BCUT2D eigenvalue weighted by Gasteiger charge is -2.19. The average molecular weight is 256 g/mol. The predicted molar refractivity (Wildman–Crippen MR) is 74.9 cm³/mol. The summed E-state index contributed by atoms with van der Waals surface area (Å²) in [5.74, 6) is 0.892. The van der Waals surface area contributed by atoms with Crippen molar-refractivity contribution in [3.8, 4) is 6.07 Å². The highest BCUT2D eigenvalue weighted by molar-refractivity contribution is 5.97. The minimum absolute atomic E-state index is 0.130. The molecule has 100 valence electrons. The van der Waals surface area contributed by atoms with Crippen LogP contribution in [-0.2, 0) is 0 Å². The van der Waals surface area contributed by atoms with Crippen LogP contribution in [0.4, 0.5) is 0 Å². The van der Waals surface area contributed by atoms with Crippen LogP contribution in [0.5, 0.6) is 0 Å². The number of Topliss-reactive ketones (excluding diaryl/α,β-unsaturated/α-hetero) is 1. The van der Waals surface area contributed by atoms with Crippen LogP contribution in [0.2, 0.25) is 0 Å². The minimum Gasteiger partial charge on any atom is -0.299 e. The molecule has 0 radical (unpaired) electrons. The van der Waals surface area contributed by atoms with Gasteiger partial charge in [0.15, 0.2) is 5.78 Å². The Hall–Kier alpha value is -1.66. The molecule has 0 saturated heterocycles. The zero-order chi connectivity index (χ0) is 13.7. The van der Waals surface area contributed by atoms with Gasteiger partial charge in [-0.2, -0.15) is 5.26 Å². The van der Waals surface area contributed by atoms with Crippen LogP contribution >= 0.6 is 0 Å². The van der Waals surface area contributed by atoms with Crippen LogP contribution in [0.1, 0.15) is 41.6 Å². The van der Waals surface area contributed by atoms with Crippen molar-refractivity contribution in [2.75, 3.05) is 20.1 Å². The molecule has 0 unspecified atom stereocenters. The molecule has 1 aromatic carbocycles. The van der Waals surface area contributed by atoms with Crippen molar-refractivity contribution >= 4 is 5.78 Å². The SMILES string of the molecule is CN(CC(=O)c1ccc(C#N)cc1)CC1CCCC1. The molecule has 3 heteroatoms. The third kappa shape index (κ3) is 3.90. The average Bonchev–Trinajstić information content (AvgIpc) is 2.91. The summed E-state index contributed by atoms with van der Waals surface area (Å²) in [7, 11) is 2.01. The molecule has 0 aliphatic heterocycles. The number of nitriles is 1. The van der Waals surface area contributed by atoms with Crippen molar-refractivity contribution in [1.29, 1.82) is 5.26 Å². The summed E-state index contributed by atoms with van der Waals surface area (Å²) in [6, 6.07) is 8.94. The molecule has 1 aromatic rings. The Kier molecular flexibility index (Phi) is 4.70. The lowest BCUT2D eigenvalue weighted by atomic mass is 10.1. The van der Waals surface area contributed by atoms with Gasteiger partial charge in [0.1, 0.15) is 0 Å². The fraction of sp³-hybridized carbons (Fsp3) is 0.500. The molecule has 0 heterocycles. The lowest BCUT2D eigenvalue weighted by Crippen LogP contribution is -2.30. The summed E-state index contributed by atoms with van der Waals surface area (Å²) in [4.78, 5) is 14.2. The van der Waals surface area contributed by atoms with E-state index in [0.717, 1.165) is 12.5 Å². The van der Waals surface area contributed by atoms with Gasteiger partial charge in [-0.25, -0.2) is 0 Å². The molecule has 1 aliphatic carbocycles. The van der Waals surface area contributed by atoms with Gasteiger partial charge >= 0.3 is 0 Å². The predicted octanol–water partition coefficient (Wildman–Crippen LogP) is 2.86. The first-order valence-electron chi connectivity index (χ1n) is 6.91. The molecule has 0 amide bonds. The summed E-state index contributed by atoms with van der Waals surface area (Å²) in [5, 5.41) is 8.73. The maximum atomic E-state index is 12.1. The molecule has 1 aliphatic rings. The maximum absolute atomic E-state index is 12.1. The summed E-state index contributed by atoms with van der Waals surface area (Å²) >= 11 is 0. The molecule has 3 nitrogen and oxygen atoms in total. The van der Waals surface area contributed by atoms with Crippen LogP contribution in [0.3, 0.4) is 0 Å². The van der Waals surface area contributed by atoms with Gasteiger partial charge in [0.25, 0.3) is 0 Å². The molecule has 0 aromatic heterocycles. The highest BCUT2D eigenvalue weighted by Gasteiger charge is 2.18. The summed E-state index contributed by atoms with van der Waals surface area (Å²) < 4.78 is 0. The van der Waals surface area contributed by atoms with E-state index >= 15 is 0 Å². The normalized spacial score (nSPS) is 15.6. The van der Waals surface area contributed by atoms with Crippen LogP contribution in [-0.4, -0.2) is 30.8 Å². The monoisotopic (exact) mass is 256 g/mol. The third-order valence-corrected chi connectivity index (χ3v) is 3.79. The van der Waals surface area contributed by atoms with E-state index in [1.807, 2.05) is 7.05 Å². The van der Waals surface area contributed by atoms with Crippen molar-refractivity contribution in [3.05, 3.63) is 35.4 Å². The quantitative estimate of drug-likeness (QED) is 0.761. The molecule has 1 fully saturated rings. The Morgan fingerprint density at radius 2 is 1.95 bits per heavy atom. The number of rotatable bonds is 5. The first-order valence-corrected chi connectivity index (χ1v) is 6.91. The highest BCUT2D eigenvalue weighted by Crippen LogP contribution is 2.25. The van der Waals surface area contributed by atoms with Gasteiger partial charge in [-0.1, -0.05) is 25.0 Å². The van der Waals surface area contributed by atoms with Gasteiger partial charge in [-0.15, -0.1) is 0 Å². The van der Waals surface area contributed by atoms with Crippen LogP contribution < -0.4 is 0 Å². The molecule has 0 bridgehead atoms. The Morgan fingerprint density at radius 3 is 2.53 bits per heavy atom. The second kappa shape index (κ2) is 6.49. The van der Waals surface area contributed by atoms with Crippen molar-refractivity contribution in [1.82, 2.24) is 4.90 Å². The number of ketones is 1. The first-order chi connectivity index (χ1) is 9.19. The van der Waals surface area contributed by atoms with Gasteiger partial charge in [0.05, 0.1) is 18.2 Å². The van der Waals surface area contributed by atoms with Crippen LogP contribution in [0, 0.1) is 17.2 Å². The van der Waals surface area contributed by atoms with Gasteiger partial charge in [0, 0.05) is 12.1 Å². The van der Waals surface area contributed by atoms with Gasteiger partial charge in [0.2, 0.25) is 0 Å². The maximum Gasteiger partial charge on any atom is 0.176 e. The van der Waals surface area contributed by atoms with E-state index in [2.05, 4.69) is 11.0 Å². The fourth-order valence-corrected chi connectivity index (χ4v) is 2.77. The molecule has 0 N–H and O–H groups in total. The van der Waals surface area contributed by atoms with E-state index in [1.165, 1.54) is 25.7 Å². The summed E-state index contributed by atoms with van der Waals surface area (Å²) in [5.41, 5.74) is 1.29. The summed E-state index contributed by atoms with van der Waals surface area (Å²) in [6.45, 7) is 1.48. The van der Waals surface area contributed by atoms with Gasteiger partial charge in [-0.05, 0) is 37.9 Å². The van der Waals surface area contributed by atoms with Crippen molar-refractivity contribution in [3.63, 3.8) is 0 Å². The lowest BCUT2D eigenvalue weighted by molar-refractivity contribution is 0.0938. The number of carbonyl (C=O) groups is 1. The number of nitrogens with zero attached hydrogens (tertiary/aromatic N) is 2. The molecule has 1 saturated carbocycles. The van der Waals surface area contributed by atoms with E-state index in [-0.39, 0.29) is 5.78 Å². The zero-order valence-electron chi connectivity index (χ0n) is 11.4. The molecular weight excluding hydrogens is 236 g/mol. The minimum atomic E-state index is 0.130. The van der Waals surface area contributed by atoms with Crippen molar-refractivity contribution < 1.29 is 4.79 Å².